The van der Waals surface area contributed by atoms with Crippen molar-refractivity contribution in [3.63, 3.8) is 0 Å². The summed E-state index contributed by atoms with van der Waals surface area (Å²) >= 11 is 5.94. The Morgan fingerprint density at radius 2 is 2.06 bits per heavy atom. The van der Waals surface area contributed by atoms with E-state index in [2.05, 4.69) is 0 Å². The molecule has 4 heteroatoms. The molecule has 1 aromatic rings. The van der Waals surface area contributed by atoms with E-state index in [4.69, 9.17) is 21.1 Å². The van der Waals surface area contributed by atoms with Crippen LogP contribution in [-0.4, -0.2) is 31.5 Å². The highest BCUT2D eigenvalue weighted by Gasteiger charge is 2.19. The van der Waals surface area contributed by atoms with Crippen molar-refractivity contribution in [3.05, 3.63) is 28.8 Å². The van der Waals surface area contributed by atoms with Gasteiger partial charge in [-0.2, -0.15) is 0 Å². The molecule has 1 N–H and O–H groups in total. The minimum Gasteiger partial charge on any atom is -0.496 e. The Bertz CT molecular complexity index is 351. The fourth-order valence-corrected chi connectivity index (χ4v) is 2.05. The van der Waals surface area contributed by atoms with Gasteiger partial charge in [-0.05, 0) is 30.2 Å². The number of halogens is 1. The van der Waals surface area contributed by atoms with Crippen molar-refractivity contribution in [2.24, 2.45) is 0 Å². The first-order valence-corrected chi connectivity index (χ1v) is 6.03. The van der Waals surface area contributed by atoms with Crippen molar-refractivity contribution in [3.8, 4) is 5.75 Å². The SMILES string of the molecule is CCC(OC)C(O)Cc1cc(Cl)ccc1OC. The molecule has 17 heavy (non-hydrogen) atoms. The average molecular weight is 259 g/mol. The zero-order valence-electron chi connectivity index (χ0n) is 10.4. The van der Waals surface area contributed by atoms with Gasteiger partial charge < -0.3 is 14.6 Å². The van der Waals surface area contributed by atoms with Crippen LogP contribution in [0.15, 0.2) is 18.2 Å². The molecule has 96 valence electrons. The fourth-order valence-electron chi connectivity index (χ4n) is 1.86. The lowest BCUT2D eigenvalue weighted by atomic mass is 10.0. The smallest absolute Gasteiger partial charge is 0.122 e. The summed E-state index contributed by atoms with van der Waals surface area (Å²) < 4.78 is 10.5. The summed E-state index contributed by atoms with van der Waals surface area (Å²) in [5.41, 5.74) is 0.892. The van der Waals surface area contributed by atoms with Gasteiger partial charge >= 0.3 is 0 Å². The summed E-state index contributed by atoms with van der Waals surface area (Å²) in [5.74, 6) is 0.736. The van der Waals surface area contributed by atoms with Crippen LogP contribution in [0.25, 0.3) is 0 Å². The highest BCUT2D eigenvalue weighted by Crippen LogP contribution is 2.25. The number of methoxy groups -OCH3 is 2. The van der Waals surface area contributed by atoms with Crippen LogP contribution in [0.1, 0.15) is 18.9 Å². The normalized spacial score (nSPS) is 14.4. The maximum atomic E-state index is 10.0. The molecule has 0 fully saturated rings. The van der Waals surface area contributed by atoms with Gasteiger partial charge in [-0.3, -0.25) is 0 Å². The lowest BCUT2D eigenvalue weighted by Crippen LogP contribution is -2.29. The molecule has 0 heterocycles. The Morgan fingerprint density at radius 3 is 2.59 bits per heavy atom. The molecule has 0 saturated heterocycles. The molecule has 0 aliphatic carbocycles. The van der Waals surface area contributed by atoms with Crippen LogP contribution in [0.4, 0.5) is 0 Å². The molecule has 1 aromatic carbocycles. The summed E-state index contributed by atoms with van der Waals surface area (Å²) in [6, 6.07) is 5.38. The third-order valence-electron chi connectivity index (χ3n) is 2.81. The van der Waals surface area contributed by atoms with Crippen LogP contribution in [0.2, 0.25) is 5.02 Å². The zero-order valence-corrected chi connectivity index (χ0v) is 11.2. The number of rotatable bonds is 6. The first-order valence-electron chi connectivity index (χ1n) is 5.65. The van der Waals surface area contributed by atoms with Gasteiger partial charge in [0.25, 0.3) is 0 Å². The van der Waals surface area contributed by atoms with Crippen LogP contribution in [-0.2, 0) is 11.2 Å². The van der Waals surface area contributed by atoms with Gasteiger partial charge in [-0.15, -0.1) is 0 Å². The number of aliphatic hydroxyl groups excluding tert-OH is 1. The fraction of sp³-hybridized carbons (Fsp3) is 0.538. The van der Waals surface area contributed by atoms with Crippen molar-refractivity contribution in [2.45, 2.75) is 32.0 Å². The molecule has 0 aliphatic heterocycles. The molecule has 0 radical (unpaired) electrons. The molecule has 0 saturated carbocycles. The van der Waals surface area contributed by atoms with Gasteiger partial charge in [0, 0.05) is 18.6 Å². The van der Waals surface area contributed by atoms with Crippen molar-refractivity contribution < 1.29 is 14.6 Å². The van der Waals surface area contributed by atoms with Gasteiger partial charge in [-0.25, -0.2) is 0 Å². The molecular weight excluding hydrogens is 240 g/mol. The number of hydrogen-bond acceptors (Lipinski definition) is 3. The van der Waals surface area contributed by atoms with Crippen molar-refractivity contribution >= 4 is 11.6 Å². The number of aliphatic hydroxyl groups is 1. The standard InChI is InChI=1S/C13H19ClO3/c1-4-12(16-2)11(15)8-9-7-10(14)5-6-13(9)17-3/h5-7,11-12,15H,4,8H2,1-3H3. The molecule has 0 aliphatic rings. The Hall–Kier alpha value is -0.770. The second-order valence-electron chi connectivity index (χ2n) is 3.91. The second kappa shape index (κ2) is 6.84. The van der Waals surface area contributed by atoms with Gasteiger partial charge in [-0.1, -0.05) is 18.5 Å². The minimum atomic E-state index is -0.558. The van der Waals surface area contributed by atoms with E-state index in [1.165, 1.54) is 0 Å². The Labute approximate surface area is 107 Å². The maximum absolute atomic E-state index is 10.0. The van der Waals surface area contributed by atoms with Crippen LogP contribution < -0.4 is 4.74 Å². The second-order valence-corrected chi connectivity index (χ2v) is 4.35. The molecule has 0 amide bonds. The molecule has 3 nitrogen and oxygen atoms in total. The van der Waals surface area contributed by atoms with Crippen LogP contribution in [0, 0.1) is 0 Å². The first kappa shape index (κ1) is 14.3. The zero-order chi connectivity index (χ0) is 12.8. The monoisotopic (exact) mass is 258 g/mol. The largest absolute Gasteiger partial charge is 0.496 e. The van der Waals surface area contributed by atoms with Gasteiger partial charge in [0.15, 0.2) is 0 Å². The molecular formula is C13H19ClO3. The maximum Gasteiger partial charge on any atom is 0.122 e. The lowest BCUT2D eigenvalue weighted by molar-refractivity contribution is -0.0130. The summed E-state index contributed by atoms with van der Waals surface area (Å²) in [5, 5.41) is 10.7. The molecule has 0 spiro atoms. The van der Waals surface area contributed by atoms with E-state index >= 15 is 0 Å². The van der Waals surface area contributed by atoms with Gasteiger partial charge in [0.2, 0.25) is 0 Å². The van der Waals surface area contributed by atoms with E-state index < -0.39 is 6.10 Å². The molecule has 0 bridgehead atoms. The van der Waals surface area contributed by atoms with Crippen molar-refractivity contribution in [1.82, 2.24) is 0 Å². The highest BCUT2D eigenvalue weighted by molar-refractivity contribution is 6.30. The first-order chi connectivity index (χ1) is 8.12. The molecule has 1 rings (SSSR count). The third kappa shape index (κ3) is 3.87. The Morgan fingerprint density at radius 1 is 1.35 bits per heavy atom. The Balaban J connectivity index is 2.82. The van der Waals surface area contributed by atoms with E-state index in [0.717, 1.165) is 17.7 Å². The summed E-state index contributed by atoms with van der Waals surface area (Å²) in [4.78, 5) is 0. The van der Waals surface area contributed by atoms with Crippen LogP contribution in [0.3, 0.4) is 0 Å². The summed E-state index contributed by atoms with van der Waals surface area (Å²) in [7, 11) is 3.21. The summed E-state index contributed by atoms with van der Waals surface area (Å²) in [6.45, 7) is 1.98. The van der Waals surface area contributed by atoms with Gasteiger partial charge in [0.1, 0.15) is 5.75 Å². The predicted octanol–water partition coefficient (Wildman–Crippen LogP) is 2.68. The van der Waals surface area contributed by atoms with Gasteiger partial charge in [0.05, 0.1) is 19.3 Å². The van der Waals surface area contributed by atoms with E-state index in [-0.39, 0.29) is 6.10 Å². The number of benzene rings is 1. The average Bonchev–Trinajstić information content (AvgIpc) is 2.31. The lowest BCUT2D eigenvalue weighted by Gasteiger charge is -2.21. The highest BCUT2D eigenvalue weighted by atomic mass is 35.5. The third-order valence-corrected chi connectivity index (χ3v) is 3.04. The predicted molar refractivity (Wildman–Crippen MR) is 68.8 cm³/mol. The van der Waals surface area contributed by atoms with Crippen LogP contribution >= 0.6 is 11.6 Å². The Kier molecular flexibility index (Phi) is 5.75. The molecule has 2 unspecified atom stereocenters. The van der Waals surface area contributed by atoms with Crippen LogP contribution in [0.5, 0.6) is 5.75 Å². The number of ether oxygens (including phenoxy) is 2. The van der Waals surface area contributed by atoms with E-state index in [1.54, 1.807) is 26.4 Å². The van der Waals surface area contributed by atoms with E-state index in [1.807, 2.05) is 13.0 Å². The topological polar surface area (TPSA) is 38.7 Å². The molecule has 0 aromatic heterocycles. The number of hydrogen-bond donors (Lipinski definition) is 1. The van der Waals surface area contributed by atoms with E-state index in [0.29, 0.717) is 11.4 Å². The summed E-state index contributed by atoms with van der Waals surface area (Å²) in [6.07, 6.45) is 0.507. The minimum absolute atomic E-state index is 0.168. The molecule has 2 atom stereocenters. The van der Waals surface area contributed by atoms with Crippen molar-refractivity contribution in [1.29, 1.82) is 0 Å². The van der Waals surface area contributed by atoms with Crippen molar-refractivity contribution in [2.75, 3.05) is 14.2 Å². The van der Waals surface area contributed by atoms with E-state index in [9.17, 15) is 5.11 Å². The quantitative estimate of drug-likeness (QED) is 0.853.